The predicted octanol–water partition coefficient (Wildman–Crippen LogP) is 2.70. The number of ether oxygens (including phenoxy) is 1. The molecule has 0 fully saturated rings. The SMILES string of the molecule is COc1ccc(-n2[nH]c(C)c(C(C)=NNC(=O)c3cccs3)c2=O)cc1. The average Bonchev–Trinajstić information content (AvgIpc) is 3.28. The molecule has 0 aliphatic heterocycles. The molecule has 2 aromatic heterocycles. The summed E-state index contributed by atoms with van der Waals surface area (Å²) in [7, 11) is 1.59. The van der Waals surface area contributed by atoms with E-state index in [2.05, 4.69) is 15.6 Å². The zero-order chi connectivity index (χ0) is 18.7. The lowest BCUT2D eigenvalue weighted by atomic mass is 10.2. The van der Waals surface area contributed by atoms with Gasteiger partial charge in [0.1, 0.15) is 5.75 Å². The van der Waals surface area contributed by atoms with Gasteiger partial charge in [-0.15, -0.1) is 11.3 Å². The summed E-state index contributed by atoms with van der Waals surface area (Å²) in [6.45, 7) is 3.47. The number of H-pyrrole nitrogens is 1. The lowest BCUT2D eigenvalue weighted by Crippen LogP contribution is -2.23. The Bertz CT molecular complexity index is 998. The number of methoxy groups -OCH3 is 1. The van der Waals surface area contributed by atoms with Crippen molar-refractivity contribution in [3.05, 3.63) is 68.3 Å². The van der Waals surface area contributed by atoms with E-state index in [0.717, 1.165) is 0 Å². The Balaban J connectivity index is 1.88. The molecule has 0 atom stereocenters. The van der Waals surface area contributed by atoms with Gasteiger partial charge in [0.25, 0.3) is 11.5 Å². The Morgan fingerprint density at radius 1 is 1.27 bits per heavy atom. The van der Waals surface area contributed by atoms with Crippen LogP contribution in [0.15, 0.2) is 51.7 Å². The lowest BCUT2D eigenvalue weighted by molar-refractivity contribution is 0.0959. The molecule has 0 bridgehead atoms. The van der Waals surface area contributed by atoms with Crippen LogP contribution in [0.3, 0.4) is 0 Å². The smallest absolute Gasteiger partial charge is 0.281 e. The molecule has 2 heterocycles. The van der Waals surface area contributed by atoms with E-state index in [-0.39, 0.29) is 11.5 Å². The number of nitrogens with one attached hydrogen (secondary N) is 2. The van der Waals surface area contributed by atoms with Gasteiger partial charge in [-0.1, -0.05) is 6.07 Å². The third-order valence-corrected chi connectivity index (χ3v) is 4.70. The topological polar surface area (TPSA) is 88.5 Å². The van der Waals surface area contributed by atoms with Gasteiger partial charge < -0.3 is 4.74 Å². The fourth-order valence-electron chi connectivity index (χ4n) is 2.54. The summed E-state index contributed by atoms with van der Waals surface area (Å²) in [4.78, 5) is 25.3. The molecule has 1 aromatic carbocycles. The number of rotatable bonds is 5. The molecule has 0 aliphatic rings. The molecule has 8 heteroatoms. The van der Waals surface area contributed by atoms with E-state index in [4.69, 9.17) is 4.74 Å². The van der Waals surface area contributed by atoms with Gasteiger partial charge in [-0.05, 0) is 49.6 Å². The molecule has 0 radical (unpaired) electrons. The molecule has 0 unspecified atom stereocenters. The van der Waals surface area contributed by atoms with Crippen LogP contribution < -0.4 is 15.7 Å². The largest absolute Gasteiger partial charge is 0.497 e. The second-order valence-electron chi connectivity index (χ2n) is 5.57. The minimum Gasteiger partial charge on any atom is -0.497 e. The normalized spacial score (nSPS) is 11.4. The highest BCUT2D eigenvalue weighted by molar-refractivity contribution is 7.12. The van der Waals surface area contributed by atoms with Gasteiger partial charge in [0, 0.05) is 5.69 Å². The van der Waals surface area contributed by atoms with E-state index in [1.807, 2.05) is 5.38 Å². The molecule has 0 aliphatic carbocycles. The highest BCUT2D eigenvalue weighted by atomic mass is 32.1. The van der Waals surface area contributed by atoms with E-state index in [0.29, 0.717) is 33.3 Å². The van der Waals surface area contributed by atoms with Crippen molar-refractivity contribution in [1.82, 2.24) is 15.2 Å². The maximum absolute atomic E-state index is 12.8. The minimum absolute atomic E-state index is 0.237. The zero-order valence-electron chi connectivity index (χ0n) is 14.6. The summed E-state index contributed by atoms with van der Waals surface area (Å²) in [6, 6.07) is 10.6. The maximum Gasteiger partial charge on any atom is 0.281 e. The number of carbonyl (C=O) groups is 1. The van der Waals surface area contributed by atoms with Gasteiger partial charge in [-0.25, -0.2) is 10.1 Å². The average molecular weight is 370 g/mol. The molecule has 7 nitrogen and oxygen atoms in total. The van der Waals surface area contributed by atoms with E-state index in [9.17, 15) is 9.59 Å². The van der Waals surface area contributed by atoms with Crippen molar-refractivity contribution >= 4 is 23.0 Å². The minimum atomic E-state index is -0.303. The van der Waals surface area contributed by atoms with Crippen LogP contribution in [0.5, 0.6) is 5.75 Å². The van der Waals surface area contributed by atoms with Gasteiger partial charge in [0.2, 0.25) is 0 Å². The molecular weight excluding hydrogens is 352 g/mol. The van der Waals surface area contributed by atoms with Crippen molar-refractivity contribution in [2.75, 3.05) is 7.11 Å². The van der Waals surface area contributed by atoms with Gasteiger partial charge in [-0.2, -0.15) is 5.10 Å². The Labute approximate surface area is 153 Å². The van der Waals surface area contributed by atoms with Gasteiger partial charge in [0.05, 0.1) is 28.9 Å². The van der Waals surface area contributed by atoms with Crippen LogP contribution in [0.1, 0.15) is 27.9 Å². The number of thiophene rings is 1. The molecular formula is C18H18N4O3S. The molecule has 0 saturated carbocycles. The summed E-state index contributed by atoms with van der Waals surface area (Å²) in [5.41, 5.74) is 4.45. The van der Waals surface area contributed by atoms with Crippen molar-refractivity contribution in [1.29, 1.82) is 0 Å². The summed E-state index contributed by atoms with van der Waals surface area (Å²) in [5.74, 6) is 0.405. The number of hydrogen-bond acceptors (Lipinski definition) is 5. The number of benzene rings is 1. The third kappa shape index (κ3) is 3.45. The Morgan fingerprint density at radius 2 is 2.00 bits per heavy atom. The first-order valence-electron chi connectivity index (χ1n) is 7.86. The fraction of sp³-hybridized carbons (Fsp3) is 0.167. The third-order valence-electron chi connectivity index (χ3n) is 3.83. The number of nitrogens with zero attached hydrogens (tertiary/aromatic N) is 2. The van der Waals surface area contributed by atoms with Crippen LogP contribution in [0, 0.1) is 6.92 Å². The maximum atomic E-state index is 12.8. The Morgan fingerprint density at radius 3 is 2.62 bits per heavy atom. The monoisotopic (exact) mass is 370 g/mol. The van der Waals surface area contributed by atoms with Crippen molar-refractivity contribution in [3.63, 3.8) is 0 Å². The summed E-state index contributed by atoms with van der Waals surface area (Å²) in [5, 5.41) is 8.93. The second-order valence-corrected chi connectivity index (χ2v) is 6.51. The first-order chi connectivity index (χ1) is 12.5. The van der Waals surface area contributed by atoms with Crippen LogP contribution in [-0.2, 0) is 0 Å². The molecule has 3 rings (SSSR count). The number of hydrazone groups is 1. The number of aromatic amines is 1. The summed E-state index contributed by atoms with van der Waals surface area (Å²) >= 11 is 1.33. The Kier molecular flexibility index (Phi) is 5.04. The highest BCUT2D eigenvalue weighted by Gasteiger charge is 2.16. The number of aromatic nitrogens is 2. The number of hydrogen-bond donors (Lipinski definition) is 2. The van der Waals surface area contributed by atoms with Crippen molar-refractivity contribution in [2.45, 2.75) is 13.8 Å². The quantitative estimate of drug-likeness (QED) is 0.535. The highest BCUT2D eigenvalue weighted by Crippen LogP contribution is 2.14. The standard InChI is InChI=1S/C18H18N4O3S/c1-11(19-20-17(23)15-5-4-10-26-15)16-12(2)21-22(18(16)24)13-6-8-14(25-3)9-7-13/h4-10,21H,1-3H3,(H,20,23). The molecule has 134 valence electrons. The molecule has 1 amide bonds. The van der Waals surface area contributed by atoms with Crippen LogP contribution in [-0.4, -0.2) is 28.5 Å². The molecule has 3 aromatic rings. The van der Waals surface area contributed by atoms with Crippen LogP contribution >= 0.6 is 11.3 Å². The van der Waals surface area contributed by atoms with Gasteiger partial charge >= 0.3 is 0 Å². The van der Waals surface area contributed by atoms with E-state index in [1.54, 1.807) is 57.4 Å². The van der Waals surface area contributed by atoms with Gasteiger partial charge in [0.15, 0.2) is 0 Å². The van der Waals surface area contributed by atoms with Crippen molar-refractivity contribution in [2.24, 2.45) is 5.10 Å². The lowest BCUT2D eigenvalue weighted by Gasteiger charge is -2.03. The molecule has 26 heavy (non-hydrogen) atoms. The second kappa shape index (κ2) is 7.40. The number of aryl methyl sites for hydroxylation is 1. The fourth-order valence-corrected chi connectivity index (χ4v) is 3.15. The van der Waals surface area contributed by atoms with E-state index < -0.39 is 0 Å². The summed E-state index contributed by atoms with van der Waals surface area (Å²) < 4.78 is 6.57. The zero-order valence-corrected chi connectivity index (χ0v) is 15.4. The molecule has 0 saturated heterocycles. The van der Waals surface area contributed by atoms with E-state index in [1.165, 1.54) is 16.0 Å². The van der Waals surface area contributed by atoms with Crippen LogP contribution in [0.4, 0.5) is 0 Å². The first kappa shape index (κ1) is 17.7. The first-order valence-corrected chi connectivity index (χ1v) is 8.73. The predicted molar refractivity (Wildman–Crippen MR) is 102 cm³/mol. The molecule has 2 N–H and O–H groups in total. The number of amides is 1. The van der Waals surface area contributed by atoms with E-state index >= 15 is 0 Å². The molecule has 0 spiro atoms. The van der Waals surface area contributed by atoms with Crippen molar-refractivity contribution < 1.29 is 9.53 Å². The summed E-state index contributed by atoms with van der Waals surface area (Å²) in [6.07, 6.45) is 0. The van der Waals surface area contributed by atoms with Gasteiger partial charge in [-0.3, -0.25) is 14.7 Å². The number of carbonyl (C=O) groups excluding carboxylic acids is 1. The van der Waals surface area contributed by atoms with Crippen molar-refractivity contribution in [3.8, 4) is 11.4 Å². The van der Waals surface area contributed by atoms with Crippen LogP contribution in [0.25, 0.3) is 5.69 Å². The van der Waals surface area contributed by atoms with Crippen LogP contribution in [0.2, 0.25) is 0 Å². The Hall–Kier alpha value is -3.13.